The molecule has 0 aliphatic rings. The Labute approximate surface area is 96.9 Å². The Morgan fingerprint density at radius 1 is 1.19 bits per heavy atom. The normalized spacial score (nSPS) is 8.69. The SMILES string of the molecule is C#CCCCCC#Cc1ccccc1C=O. The van der Waals surface area contributed by atoms with Crippen molar-refractivity contribution < 1.29 is 4.79 Å². The average Bonchev–Trinajstić information content (AvgIpc) is 2.34. The van der Waals surface area contributed by atoms with E-state index in [4.69, 9.17) is 6.42 Å². The minimum absolute atomic E-state index is 0.652. The van der Waals surface area contributed by atoms with Crippen LogP contribution >= 0.6 is 0 Å². The van der Waals surface area contributed by atoms with Crippen LogP contribution in [0.5, 0.6) is 0 Å². The molecule has 0 saturated heterocycles. The predicted molar refractivity (Wildman–Crippen MR) is 66.0 cm³/mol. The van der Waals surface area contributed by atoms with Gasteiger partial charge in [-0.05, 0) is 18.9 Å². The summed E-state index contributed by atoms with van der Waals surface area (Å²) >= 11 is 0. The van der Waals surface area contributed by atoms with Gasteiger partial charge in [0.25, 0.3) is 0 Å². The molecule has 0 fully saturated rings. The monoisotopic (exact) mass is 210 g/mol. The maximum atomic E-state index is 10.7. The van der Waals surface area contributed by atoms with E-state index in [1.54, 1.807) is 6.07 Å². The molecule has 0 radical (unpaired) electrons. The third-order valence-electron chi connectivity index (χ3n) is 2.18. The number of aldehydes is 1. The van der Waals surface area contributed by atoms with Crippen LogP contribution in [0.15, 0.2) is 24.3 Å². The topological polar surface area (TPSA) is 17.1 Å². The highest BCUT2D eigenvalue weighted by atomic mass is 16.1. The standard InChI is InChI=1S/C15H14O/c1-2-3-4-5-6-7-10-14-11-8-9-12-15(14)13-16/h1,8-9,11-13H,3-6H2. The molecule has 1 heteroatoms. The van der Waals surface area contributed by atoms with E-state index < -0.39 is 0 Å². The van der Waals surface area contributed by atoms with Gasteiger partial charge in [0.15, 0.2) is 6.29 Å². The van der Waals surface area contributed by atoms with Crippen molar-refractivity contribution in [3.05, 3.63) is 35.4 Å². The predicted octanol–water partition coefficient (Wildman–Crippen LogP) is 3.04. The third kappa shape index (κ3) is 4.03. The molecule has 0 atom stereocenters. The summed E-state index contributed by atoms with van der Waals surface area (Å²) in [6.07, 6.45) is 9.65. The second-order valence-electron chi connectivity index (χ2n) is 3.42. The molecule has 0 aliphatic heterocycles. The first-order valence-electron chi connectivity index (χ1n) is 5.35. The third-order valence-corrected chi connectivity index (χ3v) is 2.18. The molecular formula is C15H14O. The van der Waals surface area contributed by atoms with Crippen molar-refractivity contribution >= 4 is 6.29 Å². The lowest BCUT2D eigenvalue weighted by Gasteiger charge is -1.94. The van der Waals surface area contributed by atoms with Gasteiger partial charge in [0.05, 0.1) is 0 Å². The molecular weight excluding hydrogens is 196 g/mol. The van der Waals surface area contributed by atoms with Crippen LogP contribution in [0.2, 0.25) is 0 Å². The number of benzene rings is 1. The van der Waals surface area contributed by atoms with Gasteiger partial charge in [0.2, 0.25) is 0 Å². The van der Waals surface area contributed by atoms with E-state index in [9.17, 15) is 4.79 Å². The molecule has 0 N–H and O–H groups in total. The zero-order chi connectivity index (χ0) is 11.6. The first kappa shape index (κ1) is 12.1. The van der Waals surface area contributed by atoms with E-state index in [1.165, 1.54) is 0 Å². The number of hydrogen-bond donors (Lipinski definition) is 0. The number of unbranched alkanes of at least 4 members (excludes halogenated alkanes) is 3. The molecule has 0 saturated carbocycles. The Morgan fingerprint density at radius 3 is 2.69 bits per heavy atom. The fraction of sp³-hybridized carbons (Fsp3) is 0.267. The number of rotatable bonds is 4. The molecule has 0 spiro atoms. The van der Waals surface area contributed by atoms with Crippen molar-refractivity contribution in [2.24, 2.45) is 0 Å². The van der Waals surface area contributed by atoms with Gasteiger partial charge in [-0.3, -0.25) is 4.79 Å². The molecule has 80 valence electrons. The van der Waals surface area contributed by atoms with Crippen molar-refractivity contribution in [1.29, 1.82) is 0 Å². The molecule has 1 aromatic carbocycles. The van der Waals surface area contributed by atoms with Gasteiger partial charge in [-0.2, -0.15) is 0 Å². The summed E-state index contributed by atoms with van der Waals surface area (Å²) in [6, 6.07) is 7.35. The fourth-order valence-corrected chi connectivity index (χ4v) is 1.31. The molecule has 0 bridgehead atoms. The maximum absolute atomic E-state index is 10.7. The lowest BCUT2D eigenvalue weighted by atomic mass is 10.1. The van der Waals surface area contributed by atoms with Crippen LogP contribution in [0.1, 0.15) is 41.6 Å². The molecule has 0 unspecified atom stereocenters. The number of carbonyl (C=O) groups excluding carboxylic acids is 1. The molecule has 1 rings (SSSR count). The van der Waals surface area contributed by atoms with Crippen molar-refractivity contribution in [1.82, 2.24) is 0 Å². The van der Waals surface area contributed by atoms with E-state index >= 15 is 0 Å². The molecule has 0 aromatic heterocycles. The lowest BCUT2D eigenvalue weighted by molar-refractivity contribution is 0.112. The van der Waals surface area contributed by atoms with E-state index in [0.29, 0.717) is 5.56 Å². The minimum atomic E-state index is 0.652. The van der Waals surface area contributed by atoms with Crippen LogP contribution in [-0.4, -0.2) is 6.29 Å². The van der Waals surface area contributed by atoms with Crippen molar-refractivity contribution in [3.8, 4) is 24.2 Å². The first-order valence-corrected chi connectivity index (χ1v) is 5.35. The number of carbonyl (C=O) groups is 1. The summed E-state index contributed by atoms with van der Waals surface area (Å²) in [5.74, 6) is 8.67. The van der Waals surface area contributed by atoms with E-state index in [2.05, 4.69) is 17.8 Å². The minimum Gasteiger partial charge on any atom is -0.298 e. The summed E-state index contributed by atoms with van der Waals surface area (Å²) in [5, 5.41) is 0. The Bertz CT molecular complexity index is 440. The van der Waals surface area contributed by atoms with Crippen LogP contribution < -0.4 is 0 Å². The van der Waals surface area contributed by atoms with Crippen LogP contribution in [0, 0.1) is 24.2 Å². The van der Waals surface area contributed by atoms with Gasteiger partial charge >= 0.3 is 0 Å². The maximum Gasteiger partial charge on any atom is 0.151 e. The van der Waals surface area contributed by atoms with Gasteiger partial charge in [0.1, 0.15) is 0 Å². The zero-order valence-corrected chi connectivity index (χ0v) is 9.20. The van der Waals surface area contributed by atoms with Crippen molar-refractivity contribution in [2.75, 3.05) is 0 Å². The van der Waals surface area contributed by atoms with Crippen molar-refractivity contribution in [3.63, 3.8) is 0 Å². The quantitative estimate of drug-likeness (QED) is 0.424. The molecule has 0 heterocycles. The summed E-state index contributed by atoms with van der Waals surface area (Å²) in [5.41, 5.74) is 1.45. The smallest absolute Gasteiger partial charge is 0.151 e. The van der Waals surface area contributed by atoms with Gasteiger partial charge < -0.3 is 0 Å². The molecule has 16 heavy (non-hydrogen) atoms. The summed E-state index contributed by atoms with van der Waals surface area (Å²) in [4.78, 5) is 10.7. The molecule has 0 amide bonds. The zero-order valence-electron chi connectivity index (χ0n) is 9.20. The summed E-state index contributed by atoms with van der Waals surface area (Å²) in [7, 11) is 0. The fourth-order valence-electron chi connectivity index (χ4n) is 1.31. The van der Waals surface area contributed by atoms with Gasteiger partial charge in [0, 0.05) is 24.0 Å². The van der Waals surface area contributed by atoms with Gasteiger partial charge in [-0.15, -0.1) is 12.3 Å². The Kier molecular flexibility index (Phi) is 5.53. The molecule has 1 aromatic rings. The highest BCUT2D eigenvalue weighted by molar-refractivity contribution is 5.79. The Hall–Kier alpha value is -1.99. The molecule has 0 aliphatic carbocycles. The number of hydrogen-bond acceptors (Lipinski definition) is 1. The lowest BCUT2D eigenvalue weighted by Crippen LogP contribution is -1.85. The van der Waals surface area contributed by atoms with Crippen LogP contribution in [0.3, 0.4) is 0 Å². The van der Waals surface area contributed by atoms with Crippen LogP contribution in [-0.2, 0) is 0 Å². The second kappa shape index (κ2) is 7.32. The molecule has 1 nitrogen and oxygen atoms in total. The van der Waals surface area contributed by atoms with Crippen LogP contribution in [0.25, 0.3) is 0 Å². The largest absolute Gasteiger partial charge is 0.298 e. The van der Waals surface area contributed by atoms with E-state index in [-0.39, 0.29) is 0 Å². The average molecular weight is 210 g/mol. The summed E-state index contributed by atoms with van der Waals surface area (Å²) < 4.78 is 0. The Balaban J connectivity index is 2.50. The highest BCUT2D eigenvalue weighted by Crippen LogP contribution is 2.04. The van der Waals surface area contributed by atoms with Gasteiger partial charge in [-0.1, -0.05) is 30.0 Å². The summed E-state index contributed by atoms with van der Waals surface area (Å²) in [6.45, 7) is 0. The number of terminal acetylenes is 1. The second-order valence-corrected chi connectivity index (χ2v) is 3.42. The van der Waals surface area contributed by atoms with E-state index in [0.717, 1.165) is 37.5 Å². The van der Waals surface area contributed by atoms with Gasteiger partial charge in [-0.25, -0.2) is 0 Å². The highest BCUT2D eigenvalue weighted by Gasteiger charge is 1.94. The Morgan fingerprint density at radius 2 is 1.94 bits per heavy atom. The first-order chi connectivity index (χ1) is 7.88. The van der Waals surface area contributed by atoms with Crippen LogP contribution in [0.4, 0.5) is 0 Å². The van der Waals surface area contributed by atoms with E-state index in [1.807, 2.05) is 18.2 Å². The van der Waals surface area contributed by atoms with Crippen molar-refractivity contribution in [2.45, 2.75) is 25.7 Å².